The molecule has 69 heavy (non-hydrogen) atoms. The number of nitrogens with zero attached hydrogens (tertiary/aromatic N) is 4. The van der Waals surface area contributed by atoms with Crippen molar-refractivity contribution in [3.8, 4) is 0 Å². The molecule has 14 nitrogen and oxygen atoms in total. The highest BCUT2D eigenvalue weighted by atomic mass is 32.2. The zero-order chi connectivity index (χ0) is 51.7. The van der Waals surface area contributed by atoms with Gasteiger partial charge in [-0.3, -0.25) is 34.9 Å². The molecule has 374 valence electrons. The SMILES string of the molecule is CC.Cc1ccc(C(=O)Nc2ccc(F)c([C@@]3(C)N=C(N)C(C)(C)SC3CCN)c2)nc1.Cc1ccc(C(=O)Nc2ccc(F)c([C@@]3(C)N=C(NC(=O)OC(C)(C)C)C(C)(C)S[C@H]3CCN)c2)nc1. The molecule has 6 rings (SSSR count). The number of aromatic nitrogens is 2. The van der Waals surface area contributed by atoms with Crippen LogP contribution in [0.5, 0.6) is 0 Å². The summed E-state index contributed by atoms with van der Waals surface area (Å²) in [4.78, 5) is 55.8. The molecule has 2 aliphatic rings. The molecule has 4 atom stereocenters. The van der Waals surface area contributed by atoms with Gasteiger partial charge in [0.2, 0.25) is 0 Å². The summed E-state index contributed by atoms with van der Waals surface area (Å²) >= 11 is 3.21. The van der Waals surface area contributed by atoms with E-state index in [1.807, 2.05) is 75.3 Å². The maximum absolute atomic E-state index is 15.4. The lowest BCUT2D eigenvalue weighted by atomic mass is 9.85. The van der Waals surface area contributed by atoms with Crippen LogP contribution < -0.4 is 33.2 Å². The van der Waals surface area contributed by atoms with Crippen molar-refractivity contribution in [1.29, 1.82) is 0 Å². The normalized spacial score (nSPS) is 21.4. The number of benzene rings is 2. The van der Waals surface area contributed by atoms with E-state index in [2.05, 4.69) is 25.9 Å². The van der Waals surface area contributed by atoms with Gasteiger partial charge < -0.3 is 32.6 Å². The van der Waals surface area contributed by atoms with Crippen molar-refractivity contribution in [3.05, 3.63) is 118 Å². The number of amidine groups is 2. The van der Waals surface area contributed by atoms with Crippen LogP contribution in [0.3, 0.4) is 0 Å². The number of anilines is 2. The molecule has 0 spiro atoms. The van der Waals surface area contributed by atoms with Crippen molar-refractivity contribution >= 4 is 64.5 Å². The molecular weight excluding hydrogens is 919 g/mol. The van der Waals surface area contributed by atoms with Crippen LogP contribution in [0.25, 0.3) is 0 Å². The largest absolute Gasteiger partial charge is 0.444 e. The molecular formula is C51H70F2N10O4S2. The van der Waals surface area contributed by atoms with Crippen molar-refractivity contribution in [2.75, 3.05) is 23.7 Å². The Balaban J connectivity index is 0.000000296. The number of carbonyl (C=O) groups excluding carboxylic acids is 3. The van der Waals surface area contributed by atoms with E-state index in [1.54, 1.807) is 87.0 Å². The fraction of sp³-hybridized carbons (Fsp3) is 0.471. The van der Waals surface area contributed by atoms with Gasteiger partial charge in [-0.25, -0.2) is 13.6 Å². The zero-order valence-electron chi connectivity index (χ0n) is 42.1. The van der Waals surface area contributed by atoms with E-state index in [4.69, 9.17) is 31.9 Å². The molecule has 0 saturated carbocycles. The molecule has 0 aliphatic carbocycles. The van der Waals surface area contributed by atoms with Gasteiger partial charge in [-0.1, -0.05) is 26.0 Å². The maximum Gasteiger partial charge on any atom is 0.413 e. The minimum atomic E-state index is -1.09. The minimum Gasteiger partial charge on any atom is -0.444 e. The van der Waals surface area contributed by atoms with Crippen LogP contribution in [0.15, 0.2) is 83.0 Å². The monoisotopic (exact) mass is 988 g/mol. The predicted molar refractivity (Wildman–Crippen MR) is 279 cm³/mol. The lowest BCUT2D eigenvalue weighted by Crippen LogP contribution is -2.53. The average molecular weight is 989 g/mol. The molecule has 4 aromatic rings. The van der Waals surface area contributed by atoms with Crippen molar-refractivity contribution in [2.45, 2.75) is 140 Å². The molecule has 4 heterocycles. The van der Waals surface area contributed by atoms with Gasteiger partial charge in [-0.05, 0) is 162 Å². The van der Waals surface area contributed by atoms with Crippen molar-refractivity contribution in [1.82, 2.24) is 15.3 Å². The van der Waals surface area contributed by atoms with E-state index in [-0.39, 0.29) is 38.1 Å². The fourth-order valence-corrected chi connectivity index (χ4v) is 10.7. The maximum atomic E-state index is 15.4. The van der Waals surface area contributed by atoms with Crippen LogP contribution in [-0.4, -0.2) is 78.2 Å². The number of carbonyl (C=O) groups is 3. The fourth-order valence-electron chi connectivity index (χ4n) is 7.56. The number of hydrogen-bond acceptors (Lipinski definition) is 13. The van der Waals surface area contributed by atoms with Gasteiger partial charge >= 0.3 is 6.09 Å². The Hall–Kier alpha value is -5.43. The number of ether oxygens (including phenoxy) is 1. The number of hydrogen-bond donors (Lipinski definition) is 6. The van der Waals surface area contributed by atoms with E-state index in [0.29, 0.717) is 54.5 Å². The highest BCUT2D eigenvalue weighted by Gasteiger charge is 2.49. The number of alkyl carbamates (subject to hydrolysis) is 1. The van der Waals surface area contributed by atoms with Gasteiger partial charge in [0.15, 0.2) is 0 Å². The Morgan fingerprint density at radius 1 is 0.667 bits per heavy atom. The molecule has 3 amide bonds. The number of aryl methyl sites for hydroxylation is 2. The van der Waals surface area contributed by atoms with Gasteiger partial charge in [0.1, 0.15) is 40.3 Å². The lowest BCUT2D eigenvalue weighted by molar-refractivity contribution is 0.0560. The Bertz CT molecular complexity index is 2520. The van der Waals surface area contributed by atoms with E-state index in [9.17, 15) is 18.8 Å². The Labute approximate surface area is 414 Å². The second-order valence-electron chi connectivity index (χ2n) is 19.0. The summed E-state index contributed by atoms with van der Waals surface area (Å²) in [5.41, 5.74) is 19.3. The van der Waals surface area contributed by atoms with Gasteiger partial charge in [-0.2, -0.15) is 0 Å². The number of nitrogens with one attached hydrogen (secondary N) is 3. The predicted octanol–water partition coefficient (Wildman–Crippen LogP) is 9.79. The van der Waals surface area contributed by atoms with Gasteiger partial charge in [0.05, 0.1) is 20.6 Å². The first-order valence-electron chi connectivity index (χ1n) is 23.0. The quantitative estimate of drug-likeness (QED) is 0.0877. The third-order valence-electron chi connectivity index (χ3n) is 11.3. The first-order valence-corrected chi connectivity index (χ1v) is 24.8. The van der Waals surface area contributed by atoms with Gasteiger partial charge in [0, 0.05) is 45.4 Å². The van der Waals surface area contributed by atoms with Crippen LogP contribution in [0, 0.1) is 25.5 Å². The number of thioether (sulfide) groups is 2. The minimum absolute atomic E-state index is 0.0657. The van der Waals surface area contributed by atoms with Crippen LogP contribution in [0.2, 0.25) is 0 Å². The summed E-state index contributed by atoms with van der Waals surface area (Å²) < 4.78 is 34.8. The van der Waals surface area contributed by atoms with Crippen LogP contribution in [-0.2, 0) is 15.8 Å². The van der Waals surface area contributed by atoms with E-state index in [1.165, 1.54) is 24.3 Å². The van der Waals surface area contributed by atoms with Crippen LogP contribution in [0.1, 0.15) is 132 Å². The molecule has 0 bridgehead atoms. The van der Waals surface area contributed by atoms with E-state index < -0.39 is 45.1 Å². The highest BCUT2D eigenvalue weighted by Crippen LogP contribution is 2.50. The van der Waals surface area contributed by atoms with E-state index in [0.717, 1.165) is 11.1 Å². The zero-order valence-corrected chi connectivity index (χ0v) is 43.8. The van der Waals surface area contributed by atoms with Crippen molar-refractivity contribution < 1.29 is 27.9 Å². The lowest BCUT2D eigenvalue weighted by Gasteiger charge is -2.45. The standard InChI is InChI=1S/C27H36FN5O3S.C22H28FN5OS.C2H6/c1-16-8-11-20(30-15-16)22(34)31-17-9-10-19(28)18(14-17)27(7)21(12-13-29)37-26(5,6)23(33-27)32-24(35)36-25(2,3)4;1-13-5-8-17(26-12-13)19(29)27-14-6-7-16(23)15(11-14)22(4)18(9-10-24)30-21(2,3)20(25)28-22;1-2/h8-11,14-15,21H,12-13,29H2,1-7H3,(H,31,34)(H,32,33,35);5-8,11-12,18H,9-10,24H2,1-4H3,(H2,25,28)(H,27,29);1-2H3/t21-,27+;18?,22-;/m01./s1. The number of aliphatic imine (C=N–C) groups is 2. The molecule has 0 saturated heterocycles. The molecule has 2 aliphatic heterocycles. The Morgan fingerprint density at radius 2 is 1.09 bits per heavy atom. The number of halogens is 2. The summed E-state index contributed by atoms with van der Waals surface area (Å²) in [6.07, 6.45) is 3.83. The number of rotatable bonds is 10. The van der Waals surface area contributed by atoms with Gasteiger partial charge in [0.25, 0.3) is 11.8 Å². The average Bonchev–Trinajstić information content (AvgIpc) is 3.26. The summed E-state index contributed by atoms with van der Waals surface area (Å²) in [5.74, 6) is -0.810. The summed E-state index contributed by atoms with van der Waals surface area (Å²) in [7, 11) is 0. The molecule has 0 fully saturated rings. The molecule has 1 unspecified atom stereocenters. The number of nitrogens with two attached hydrogens (primary N) is 3. The third-order valence-corrected chi connectivity index (χ3v) is 14.9. The van der Waals surface area contributed by atoms with Crippen LogP contribution >= 0.6 is 23.5 Å². The topological polar surface area (TPSA) is 225 Å². The molecule has 0 radical (unpaired) electrons. The van der Waals surface area contributed by atoms with Gasteiger partial charge in [-0.15, -0.1) is 23.5 Å². The molecule has 18 heteroatoms. The van der Waals surface area contributed by atoms with Crippen molar-refractivity contribution in [2.24, 2.45) is 27.2 Å². The molecule has 2 aromatic heterocycles. The third kappa shape index (κ3) is 14.1. The van der Waals surface area contributed by atoms with E-state index >= 15 is 4.39 Å². The molecule has 9 N–H and O–H groups in total. The Kier molecular flexibility index (Phi) is 18.7. The second kappa shape index (κ2) is 23.0. The van der Waals surface area contributed by atoms with Crippen LogP contribution in [0.4, 0.5) is 25.0 Å². The molecule has 2 aromatic carbocycles. The van der Waals surface area contributed by atoms with Crippen molar-refractivity contribution in [3.63, 3.8) is 0 Å². The first-order chi connectivity index (χ1) is 32.2. The first kappa shape index (κ1) is 56.2. The number of pyridine rings is 2. The Morgan fingerprint density at radius 3 is 1.48 bits per heavy atom. The summed E-state index contributed by atoms with van der Waals surface area (Å²) in [6.45, 7) is 25.5. The summed E-state index contributed by atoms with van der Waals surface area (Å²) in [5, 5.41) is 8.11. The smallest absolute Gasteiger partial charge is 0.413 e. The number of amides is 3. The highest BCUT2D eigenvalue weighted by molar-refractivity contribution is 8.02. The second-order valence-corrected chi connectivity index (χ2v) is 22.7. The summed E-state index contributed by atoms with van der Waals surface area (Å²) in [6, 6.07) is 15.8.